The fourth-order valence-corrected chi connectivity index (χ4v) is 4.10. The molecule has 2 aromatic rings. The molecule has 0 spiro atoms. The van der Waals surface area contributed by atoms with Gasteiger partial charge in [-0.1, -0.05) is 37.3 Å². The van der Waals surface area contributed by atoms with E-state index >= 15 is 0 Å². The third kappa shape index (κ3) is 4.50. The summed E-state index contributed by atoms with van der Waals surface area (Å²) in [4.78, 5) is 28.5. The van der Waals surface area contributed by atoms with Gasteiger partial charge >= 0.3 is 0 Å². The number of hydrogen-bond acceptors (Lipinski definition) is 5. The van der Waals surface area contributed by atoms with E-state index in [2.05, 4.69) is 51.0 Å². The maximum Gasteiger partial charge on any atom is 0.272 e. The van der Waals surface area contributed by atoms with E-state index in [-0.39, 0.29) is 5.91 Å². The van der Waals surface area contributed by atoms with Gasteiger partial charge in [0.1, 0.15) is 5.69 Å². The minimum Gasteiger partial charge on any atom is -0.341 e. The van der Waals surface area contributed by atoms with Crippen molar-refractivity contribution in [3.05, 3.63) is 53.9 Å². The first-order valence-electron chi connectivity index (χ1n) is 10.3. The lowest BCUT2D eigenvalue weighted by molar-refractivity contribution is 0.0622. The number of amides is 1. The van der Waals surface area contributed by atoms with E-state index in [1.54, 1.807) is 12.3 Å². The van der Waals surface area contributed by atoms with Crippen molar-refractivity contribution in [1.82, 2.24) is 19.8 Å². The number of piperazine rings is 1. The van der Waals surface area contributed by atoms with E-state index in [4.69, 9.17) is 0 Å². The Morgan fingerprint density at radius 3 is 2.61 bits per heavy atom. The smallest absolute Gasteiger partial charge is 0.272 e. The van der Waals surface area contributed by atoms with Crippen molar-refractivity contribution in [3.8, 4) is 0 Å². The molecule has 0 N–H and O–H groups in total. The minimum absolute atomic E-state index is 0.0214. The molecule has 2 aliphatic rings. The lowest BCUT2D eigenvalue weighted by atomic mass is 10.0. The van der Waals surface area contributed by atoms with Crippen LogP contribution in [0.3, 0.4) is 0 Å². The van der Waals surface area contributed by atoms with Crippen molar-refractivity contribution in [2.24, 2.45) is 5.92 Å². The van der Waals surface area contributed by atoms with Gasteiger partial charge in [-0.15, -0.1) is 0 Å². The molecule has 0 saturated carbocycles. The number of benzene rings is 1. The van der Waals surface area contributed by atoms with Gasteiger partial charge in [0.15, 0.2) is 0 Å². The summed E-state index contributed by atoms with van der Waals surface area (Å²) in [5, 5.41) is 0. The Labute approximate surface area is 167 Å². The van der Waals surface area contributed by atoms with Crippen molar-refractivity contribution in [3.63, 3.8) is 0 Å². The Hall–Kier alpha value is -2.47. The van der Waals surface area contributed by atoms with Gasteiger partial charge in [0.2, 0.25) is 5.95 Å². The van der Waals surface area contributed by atoms with E-state index in [1.807, 2.05) is 11.0 Å². The second-order valence-electron chi connectivity index (χ2n) is 7.99. The number of anilines is 1. The normalized spacial score (nSPS) is 21.0. The van der Waals surface area contributed by atoms with Crippen LogP contribution < -0.4 is 4.90 Å². The summed E-state index contributed by atoms with van der Waals surface area (Å²) in [6.45, 7) is 8.40. The first-order chi connectivity index (χ1) is 13.7. The van der Waals surface area contributed by atoms with Gasteiger partial charge in [-0.25, -0.2) is 9.97 Å². The number of aromatic nitrogens is 2. The van der Waals surface area contributed by atoms with Crippen molar-refractivity contribution in [1.29, 1.82) is 0 Å². The van der Waals surface area contributed by atoms with Crippen molar-refractivity contribution < 1.29 is 4.79 Å². The summed E-state index contributed by atoms with van der Waals surface area (Å²) < 4.78 is 0. The molecule has 3 heterocycles. The highest BCUT2D eigenvalue weighted by molar-refractivity contribution is 5.92. The molecular formula is C22H29N5O. The third-order valence-electron chi connectivity index (χ3n) is 5.71. The second kappa shape index (κ2) is 8.69. The van der Waals surface area contributed by atoms with Crippen LogP contribution in [-0.4, -0.2) is 64.9 Å². The van der Waals surface area contributed by atoms with Crippen molar-refractivity contribution in [2.45, 2.75) is 26.3 Å². The third-order valence-corrected chi connectivity index (χ3v) is 5.71. The van der Waals surface area contributed by atoms with Crippen LogP contribution in [0.25, 0.3) is 0 Å². The van der Waals surface area contributed by atoms with Gasteiger partial charge in [0.25, 0.3) is 5.91 Å². The molecule has 0 radical (unpaired) electrons. The fraction of sp³-hybridized carbons (Fsp3) is 0.500. The van der Waals surface area contributed by atoms with Gasteiger partial charge in [0.05, 0.1) is 0 Å². The predicted molar refractivity (Wildman–Crippen MR) is 110 cm³/mol. The van der Waals surface area contributed by atoms with E-state index in [0.717, 1.165) is 52.2 Å². The van der Waals surface area contributed by atoms with Gasteiger partial charge in [-0.05, 0) is 30.4 Å². The topological polar surface area (TPSA) is 52.6 Å². The number of rotatable bonds is 4. The number of carbonyl (C=O) groups excluding carboxylic acids is 1. The van der Waals surface area contributed by atoms with E-state index in [9.17, 15) is 4.79 Å². The molecule has 1 unspecified atom stereocenters. The van der Waals surface area contributed by atoms with Crippen LogP contribution in [0, 0.1) is 5.92 Å². The molecule has 0 bridgehead atoms. The molecule has 2 fully saturated rings. The van der Waals surface area contributed by atoms with Gasteiger partial charge < -0.3 is 9.80 Å². The molecule has 1 aromatic carbocycles. The molecule has 0 aliphatic carbocycles. The van der Waals surface area contributed by atoms with Crippen LogP contribution in [0.4, 0.5) is 5.95 Å². The summed E-state index contributed by atoms with van der Waals surface area (Å²) in [5.41, 5.74) is 1.83. The number of hydrogen-bond donors (Lipinski definition) is 0. The fourth-order valence-electron chi connectivity index (χ4n) is 4.10. The monoisotopic (exact) mass is 379 g/mol. The van der Waals surface area contributed by atoms with E-state index < -0.39 is 0 Å². The molecular weight excluding hydrogens is 350 g/mol. The molecule has 1 aromatic heterocycles. The Morgan fingerprint density at radius 2 is 1.86 bits per heavy atom. The SMILES string of the molecule is CC1CCCN(c2nccc(C(=O)N3CCN(Cc4ccccc4)CC3)n2)C1. The van der Waals surface area contributed by atoms with Gasteiger partial charge in [-0.3, -0.25) is 9.69 Å². The molecule has 148 valence electrons. The minimum atomic E-state index is 0.0214. The molecule has 1 amide bonds. The van der Waals surface area contributed by atoms with E-state index in [1.165, 1.54) is 12.0 Å². The van der Waals surface area contributed by atoms with Crippen molar-refractivity contribution >= 4 is 11.9 Å². The van der Waals surface area contributed by atoms with Crippen LogP contribution in [0.2, 0.25) is 0 Å². The molecule has 6 nitrogen and oxygen atoms in total. The average Bonchev–Trinajstić information content (AvgIpc) is 2.75. The van der Waals surface area contributed by atoms with Crippen LogP contribution in [0.15, 0.2) is 42.6 Å². The van der Waals surface area contributed by atoms with Gasteiger partial charge in [-0.2, -0.15) is 0 Å². The zero-order valence-corrected chi connectivity index (χ0v) is 16.6. The first-order valence-corrected chi connectivity index (χ1v) is 10.3. The summed E-state index contributed by atoms with van der Waals surface area (Å²) in [7, 11) is 0. The number of nitrogens with zero attached hydrogens (tertiary/aromatic N) is 5. The molecule has 2 aliphatic heterocycles. The second-order valence-corrected chi connectivity index (χ2v) is 7.99. The Bertz CT molecular complexity index is 789. The molecule has 2 saturated heterocycles. The van der Waals surface area contributed by atoms with E-state index in [0.29, 0.717) is 17.6 Å². The highest BCUT2D eigenvalue weighted by atomic mass is 16.2. The number of carbonyl (C=O) groups is 1. The molecule has 4 rings (SSSR count). The molecule has 1 atom stereocenters. The summed E-state index contributed by atoms with van der Waals surface area (Å²) >= 11 is 0. The van der Waals surface area contributed by atoms with Crippen LogP contribution in [0.1, 0.15) is 35.8 Å². The summed E-state index contributed by atoms with van der Waals surface area (Å²) in [6, 6.07) is 12.2. The predicted octanol–water partition coefficient (Wildman–Crippen LogP) is 2.67. The highest BCUT2D eigenvalue weighted by Crippen LogP contribution is 2.20. The molecule has 6 heteroatoms. The molecule has 28 heavy (non-hydrogen) atoms. The Balaban J connectivity index is 1.35. The van der Waals surface area contributed by atoms with Crippen LogP contribution in [-0.2, 0) is 6.54 Å². The van der Waals surface area contributed by atoms with Crippen molar-refractivity contribution in [2.75, 3.05) is 44.2 Å². The average molecular weight is 380 g/mol. The van der Waals surface area contributed by atoms with Crippen LogP contribution >= 0.6 is 0 Å². The quantitative estimate of drug-likeness (QED) is 0.818. The Kier molecular flexibility index (Phi) is 5.86. The lowest BCUT2D eigenvalue weighted by Gasteiger charge is -2.35. The highest BCUT2D eigenvalue weighted by Gasteiger charge is 2.25. The number of piperidine rings is 1. The largest absolute Gasteiger partial charge is 0.341 e. The zero-order chi connectivity index (χ0) is 19.3. The zero-order valence-electron chi connectivity index (χ0n) is 16.6. The first kappa shape index (κ1) is 18.9. The summed E-state index contributed by atoms with van der Waals surface area (Å²) in [5.74, 6) is 1.36. The van der Waals surface area contributed by atoms with Gasteiger partial charge in [0, 0.05) is 52.0 Å². The maximum absolute atomic E-state index is 13.0. The summed E-state index contributed by atoms with van der Waals surface area (Å²) in [6.07, 6.45) is 4.13. The Morgan fingerprint density at radius 1 is 1.07 bits per heavy atom. The standard InChI is InChI=1S/C22H29N5O/c1-18-6-5-11-27(16-18)22-23-10-9-20(24-22)21(28)26-14-12-25(13-15-26)17-19-7-3-2-4-8-19/h2-4,7-10,18H,5-6,11-17H2,1H3. The lowest BCUT2D eigenvalue weighted by Crippen LogP contribution is -2.48. The van der Waals surface area contributed by atoms with Crippen LogP contribution in [0.5, 0.6) is 0 Å². The maximum atomic E-state index is 13.0.